The quantitative estimate of drug-likeness (QED) is 0.798. The summed E-state index contributed by atoms with van der Waals surface area (Å²) in [5.41, 5.74) is 5.45. The summed E-state index contributed by atoms with van der Waals surface area (Å²) in [6, 6.07) is -0.553. The van der Waals surface area contributed by atoms with Crippen molar-refractivity contribution in [2.45, 2.75) is 46.2 Å². The van der Waals surface area contributed by atoms with Crippen LogP contribution in [0.3, 0.4) is 0 Å². The van der Waals surface area contributed by atoms with Gasteiger partial charge in [0.25, 0.3) is 0 Å². The minimum absolute atomic E-state index is 0. The van der Waals surface area contributed by atoms with Gasteiger partial charge in [0.2, 0.25) is 11.8 Å². The van der Waals surface area contributed by atoms with Crippen LogP contribution in [0.25, 0.3) is 0 Å². The Labute approximate surface area is 116 Å². The van der Waals surface area contributed by atoms with Crippen LogP contribution < -0.4 is 11.1 Å². The molecule has 0 aliphatic rings. The monoisotopic (exact) mass is 279 g/mol. The Morgan fingerprint density at radius 3 is 2.06 bits per heavy atom. The SMILES string of the molecule is CC(C)[C@H](N)C(=O)N(C)CC(=O)NC(C)(C)C.Cl. The van der Waals surface area contributed by atoms with Crippen LogP contribution in [-0.2, 0) is 9.59 Å². The molecule has 0 spiro atoms. The number of rotatable bonds is 4. The van der Waals surface area contributed by atoms with Gasteiger partial charge < -0.3 is 16.0 Å². The summed E-state index contributed by atoms with van der Waals surface area (Å²) in [4.78, 5) is 24.8. The summed E-state index contributed by atoms with van der Waals surface area (Å²) >= 11 is 0. The second kappa shape index (κ2) is 7.59. The minimum Gasteiger partial charge on any atom is -0.350 e. The molecule has 18 heavy (non-hydrogen) atoms. The van der Waals surface area contributed by atoms with Crippen molar-refractivity contribution >= 4 is 24.2 Å². The van der Waals surface area contributed by atoms with Gasteiger partial charge in [0.05, 0.1) is 12.6 Å². The number of amides is 2. The van der Waals surface area contributed by atoms with Crippen LogP contribution in [0.5, 0.6) is 0 Å². The average Bonchev–Trinajstić information content (AvgIpc) is 2.11. The Balaban J connectivity index is 0. The van der Waals surface area contributed by atoms with Gasteiger partial charge in [-0.2, -0.15) is 0 Å². The van der Waals surface area contributed by atoms with Crippen molar-refractivity contribution in [2.75, 3.05) is 13.6 Å². The molecule has 0 saturated carbocycles. The lowest BCUT2D eigenvalue weighted by molar-refractivity contribution is -0.136. The fraction of sp³-hybridized carbons (Fsp3) is 0.833. The highest BCUT2D eigenvalue weighted by Gasteiger charge is 2.23. The lowest BCUT2D eigenvalue weighted by atomic mass is 10.0. The smallest absolute Gasteiger partial charge is 0.240 e. The average molecular weight is 280 g/mol. The van der Waals surface area contributed by atoms with E-state index >= 15 is 0 Å². The van der Waals surface area contributed by atoms with Crippen LogP contribution in [0.1, 0.15) is 34.6 Å². The van der Waals surface area contributed by atoms with E-state index in [4.69, 9.17) is 5.73 Å². The van der Waals surface area contributed by atoms with E-state index in [9.17, 15) is 9.59 Å². The number of hydrogen-bond donors (Lipinski definition) is 2. The second-order valence-corrected chi connectivity index (χ2v) is 5.76. The summed E-state index contributed by atoms with van der Waals surface area (Å²) in [6.45, 7) is 9.49. The van der Waals surface area contributed by atoms with Gasteiger partial charge in [0.1, 0.15) is 0 Å². The zero-order valence-electron chi connectivity index (χ0n) is 12.1. The van der Waals surface area contributed by atoms with Gasteiger partial charge in [-0.3, -0.25) is 9.59 Å². The summed E-state index contributed by atoms with van der Waals surface area (Å²) in [5.74, 6) is -0.316. The molecule has 5 nitrogen and oxygen atoms in total. The third-order valence-electron chi connectivity index (χ3n) is 2.27. The van der Waals surface area contributed by atoms with Crippen LogP contribution in [-0.4, -0.2) is 41.9 Å². The van der Waals surface area contributed by atoms with E-state index in [-0.39, 0.29) is 42.2 Å². The van der Waals surface area contributed by atoms with Crippen molar-refractivity contribution in [1.29, 1.82) is 0 Å². The standard InChI is InChI=1S/C12H25N3O2.ClH/c1-8(2)10(13)11(17)15(6)7-9(16)14-12(3,4)5;/h8,10H,7,13H2,1-6H3,(H,14,16);1H/t10-;/m0./s1. The molecule has 1 atom stereocenters. The van der Waals surface area contributed by atoms with Crippen LogP contribution in [0.15, 0.2) is 0 Å². The molecular weight excluding hydrogens is 254 g/mol. The van der Waals surface area contributed by atoms with Gasteiger partial charge in [-0.1, -0.05) is 13.8 Å². The highest BCUT2D eigenvalue weighted by atomic mass is 35.5. The molecule has 0 fully saturated rings. The van der Waals surface area contributed by atoms with Crippen molar-refractivity contribution in [3.8, 4) is 0 Å². The zero-order valence-corrected chi connectivity index (χ0v) is 12.9. The maximum atomic E-state index is 11.8. The highest BCUT2D eigenvalue weighted by molar-refractivity contribution is 5.87. The number of nitrogens with one attached hydrogen (secondary N) is 1. The molecule has 0 aromatic rings. The number of carbonyl (C=O) groups excluding carboxylic acids is 2. The van der Waals surface area contributed by atoms with Gasteiger partial charge in [0, 0.05) is 12.6 Å². The number of carbonyl (C=O) groups is 2. The summed E-state index contributed by atoms with van der Waals surface area (Å²) in [7, 11) is 1.59. The molecular formula is C12H26ClN3O2. The van der Waals surface area contributed by atoms with E-state index in [2.05, 4.69) is 5.32 Å². The first-order valence-corrected chi connectivity index (χ1v) is 5.86. The Morgan fingerprint density at radius 1 is 1.28 bits per heavy atom. The highest BCUT2D eigenvalue weighted by Crippen LogP contribution is 2.03. The molecule has 0 aromatic heterocycles. The molecule has 0 aromatic carbocycles. The van der Waals surface area contributed by atoms with E-state index in [0.29, 0.717) is 0 Å². The molecule has 0 aliphatic heterocycles. The molecule has 0 radical (unpaired) electrons. The van der Waals surface area contributed by atoms with E-state index in [1.54, 1.807) is 7.05 Å². The first-order valence-electron chi connectivity index (χ1n) is 5.86. The van der Waals surface area contributed by atoms with Crippen molar-refractivity contribution in [1.82, 2.24) is 10.2 Å². The maximum absolute atomic E-state index is 11.8. The number of hydrogen-bond acceptors (Lipinski definition) is 3. The third-order valence-corrected chi connectivity index (χ3v) is 2.27. The molecule has 0 rings (SSSR count). The summed E-state index contributed by atoms with van der Waals surface area (Å²) in [6.07, 6.45) is 0. The molecule has 2 amide bonds. The van der Waals surface area contributed by atoms with Crippen molar-refractivity contribution in [3.05, 3.63) is 0 Å². The van der Waals surface area contributed by atoms with E-state index in [1.165, 1.54) is 4.90 Å². The fourth-order valence-electron chi connectivity index (χ4n) is 1.29. The molecule has 0 heterocycles. The Kier molecular flexibility index (Phi) is 8.23. The Hall–Kier alpha value is -0.810. The van der Waals surface area contributed by atoms with Crippen LogP contribution >= 0.6 is 12.4 Å². The normalized spacial score (nSPS) is 12.7. The predicted octanol–water partition coefficient (Wildman–Crippen LogP) is 0.765. The second-order valence-electron chi connectivity index (χ2n) is 5.76. The lowest BCUT2D eigenvalue weighted by Gasteiger charge is -2.25. The van der Waals surface area contributed by atoms with E-state index in [1.807, 2.05) is 34.6 Å². The molecule has 0 aliphatic carbocycles. The number of halogens is 1. The van der Waals surface area contributed by atoms with Crippen LogP contribution in [0.4, 0.5) is 0 Å². The van der Waals surface area contributed by atoms with Gasteiger partial charge in [-0.15, -0.1) is 12.4 Å². The van der Waals surface area contributed by atoms with Crippen LogP contribution in [0.2, 0.25) is 0 Å². The predicted molar refractivity (Wildman–Crippen MR) is 75.6 cm³/mol. The fourth-order valence-corrected chi connectivity index (χ4v) is 1.29. The van der Waals surface area contributed by atoms with Crippen LogP contribution in [0, 0.1) is 5.92 Å². The molecule has 0 unspecified atom stereocenters. The first kappa shape index (κ1) is 19.5. The number of likely N-dealkylation sites (N-methyl/N-ethyl adjacent to an activating group) is 1. The third kappa shape index (κ3) is 7.50. The number of nitrogens with two attached hydrogens (primary N) is 1. The molecule has 3 N–H and O–H groups in total. The lowest BCUT2D eigenvalue weighted by Crippen LogP contribution is -2.50. The van der Waals surface area contributed by atoms with Crippen molar-refractivity contribution in [3.63, 3.8) is 0 Å². The topological polar surface area (TPSA) is 75.4 Å². The van der Waals surface area contributed by atoms with E-state index in [0.717, 1.165) is 0 Å². The largest absolute Gasteiger partial charge is 0.350 e. The molecule has 108 valence electrons. The first-order chi connectivity index (χ1) is 7.54. The summed E-state index contributed by atoms with van der Waals surface area (Å²) in [5, 5.41) is 2.80. The minimum atomic E-state index is -0.553. The van der Waals surface area contributed by atoms with Crippen molar-refractivity contribution < 1.29 is 9.59 Å². The number of nitrogens with zero attached hydrogens (tertiary/aromatic N) is 1. The summed E-state index contributed by atoms with van der Waals surface area (Å²) < 4.78 is 0. The zero-order chi connectivity index (χ0) is 13.8. The van der Waals surface area contributed by atoms with Crippen molar-refractivity contribution in [2.24, 2.45) is 11.7 Å². The van der Waals surface area contributed by atoms with Gasteiger partial charge in [-0.25, -0.2) is 0 Å². The van der Waals surface area contributed by atoms with Gasteiger partial charge in [0.15, 0.2) is 0 Å². The Bertz CT molecular complexity index is 288. The molecule has 6 heteroatoms. The molecule has 0 saturated heterocycles. The van der Waals surface area contributed by atoms with E-state index < -0.39 is 6.04 Å². The van der Waals surface area contributed by atoms with Gasteiger partial charge >= 0.3 is 0 Å². The van der Waals surface area contributed by atoms with Gasteiger partial charge in [-0.05, 0) is 26.7 Å². The Morgan fingerprint density at radius 2 is 1.72 bits per heavy atom. The molecule has 0 bridgehead atoms. The maximum Gasteiger partial charge on any atom is 0.240 e.